The van der Waals surface area contributed by atoms with E-state index in [1.165, 1.54) is 23.1 Å². The minimum Gasteiger partial charge on any atom is -0.355 e. The van der Waals surface area contributed by atoms with Crippen molar-refractivity contribution < 1.29 is 0 Å². The van der Waals surface area contributed by atoms with Crippen LogP contribution in [0.25, 0.3) is 10.1 Å². The van der Waals surface area contributed by atoms with Gasteiger partial charge in [0.15, 0.2) is 0 Å². The number of nitrogens with zero attached hydrogens (tertiary/aromatic N) is 3. The van der Waals surface area contributed by atoms with Crippen LogP contribution >= 0.6 is 11.3 Å². The molecule has 3 rings (SSSR count). The van der Waals surface area contributed by atoms with Gasteiger partial charge in [-0.25, -0.2) is 4.98 Å². The van der Waals surface area contributed by atoms with Crippen molar-refractivity contribution in [1.29, 1.82) is 0 Å². The number of thiophene rings is 1. The highest BCUT2D eigenvalue weighted by Gasteiger charge is 2.17. The molecule has 20 heavy (non-hydrogen) atoms. The van der Waals surface area contributed by atoms with Crippen LogP contribution in [0.3, 0.4) is 0 Å². The minimum absolute atomic E-state index is 0.788. The Hall–Kier alpha value is -1.17. The normalized spacial score (nSPS) is 17.6. The zero-order valence-corrected chi connectivity index (χ0v) is 12.6. The average molecular weight is 290 g/mol. The van der Waals surface area contributed by atoms with Gasteiger partial charge in [0.25, 0.3) is 0 Å². The van der Waals surface area contributed by atoms with Crippen molar-refractivity contribution in [1.82, 2.24) is 9.88 Å². The van der Waals surface area contributed by atoms with Crippen molar-refractivity contribution >= 4 is 27.2 Å². The van der Waals surface area contributed by atoms with Gasteiger partial charge in [0, 0.05) is 35.9 Å². The molecular weight excluding hydrogens is 268 g/mol. The maximum atomic E-state index is 5.61. The lowest BCUT2D eigenvalue weighted by molar-refractivity contribution is 0.291. The second kappa shape index (κ2) is 6.52. The molecule has 1 saturated heterocycles. The Morgan fingerprint density at radius 1 is 1.20 bits per heavy atom. The van der Waals surface area contributed by atoms with Gasteiger partial charge in [-0.05, 0) is 50.0 Å². The Labute approximate surface area is 124 Å². The monoisotopic (exact) mass is 290 g/mol. The van der Waals surface area contributed by atoms with E-state index in [2.05, 4.69) is 32.3 Å². The molecule has 2 aromatic rings. The minimum atomic E-state index is 0.788. The molecule has 0 aliphatic carbocycles. The Morgan fingerprint density at radius 3 is 3.05 bits per heavy atom. The number of nitrogens with two attached hydrogens (primary N) is 1. The Bertz CT molecular complexity index is 554. The first-order chi connectivity index (χ1) is 9.88. The van der Waals surface area contributed by atoms with E-state index in [0.717, 1.165) is 45.0 Å². The molecule has 4 nitrogen and oxygen atoms in total. The Kier molecular flexibility index (Phi) is 4.50. The maximum Gasteiger partial charge on any atom is 0.137 e. The van der Waals surface area contributed by atoms with Gasteiger partial charge in [0.1, 0.15) is 5.82 Å². The number of aromatic nitrogens is 1. The van der Waals surface area contributed by atoms with Gasteiger partial charge >= 0.3 is 0 Å². The van der Waals surface area contributed by atoms with Crippen molar-refractivity contribution in [2.45, 2.75) is 12.8 Å². The number of hydrogen-bond acceptors (Lipinski definition) is 5. The van der Waals surface area contributed by atoms with Gasteiger partial charge in [0.05, 0.1) is 0 Å². The zero-order chi connectivity index (χ0) is 13.8. The van der Waals surface area contributed by atoms with Crippen molar-refractivity contribution in [2.75, 3.05) is 44.2 Å². The molecule has 2 aromatic heterocycles. The van der Waals surface area contributed by atoms with Crippen LogP contribution in [0.5, 0.6) is 0 Å². The molecule has 1 aliphatic rings. The molecule has 0 saturated carbocycles. The van der Waals surface area contributed by atoms with E-state index in [4.69, 9.17) is 5.73 Å². The Balaban J connectivity index is 1.73. The number of fused-ring (bicyclic) bond motifs is 1. The highest BCUT2D eigenvalue weighted by atomic mass is 32.1. The van der Waals surface area contributed by atoms with Gasteiger partial charge in [-0.3, -0.25) is 0 Å². The van der Waals surface area contributed by atoms with Crippen LogP contribution in [0.4, 0.5) is 5.82 Å². The summed E-state index contributed by atoms with van der Waals surface area (Å²) in [6.45, 7) is 6.36. The number of pyridine rings is 1. The summed E-state index contributed by atoms with van der Waals surface area (Å²) in [5.74, 6) is 1.16. The third-order valence-corrected chi connectivity index (χ3v) is 4.81. The molecule has 0 aromatic carbocycles. The lowest BCUT2D eigenvalue weighted by atomic mass is 10.3. The lowest BCUT2D eigenvalue weighted by Crippen LogP contribution is -2.32. The van der Waals surface area contributed by atoms with E-state index in [0.29, 0.717) is 0 Å². The van der Waals surface area contributed by atoms with E-state index >= 15 is 0 Å². The van der Waals surface area contributed by atoms with E-state index in [9.17, 15) is 0 Å². The predicted octanol–water partition coefficient (Wildman–Crippen LogP) is 2.16. The van der Waals surface area contributed by atoms with Crippen molar-refractivity contribution in [2.24, 2.45) is 5.73 Å². The standard InChI is InChI=1S/C15H22N4S/c16-5-1-7-18-8-2-9-19(11-10-18)15-13-4-12-20-14(13)3-6-17-15/h3-4,6,12H,1-2,5,7-11,16H2. The second-order valence-electron chi connectivity index (χ2n) is 5.29. The van der Waals surface area contributed by atoms with Crippen LogP contribution in [0.2, 0.25) is 0 Å². The van der Waals surface area contributed by atoms with Crippen molar-refractivity contribution in [3.8, 4) is 0 Å². The maximum absolute atomic E-state index is 5.61. The fraction of sp³-hybridized carbons (Fsp3) is 0.533. The molecular formula is C15H22N4S. The lowest BCUT2D eigenvalue weighted by Gasteiger charge is -2.23. The van der Waals surface area contributed by atoms with Crippen LogP contribution < -0.4 is 10.6 Å². The van der Waals surface area contributed by atoms with E-state index in [1.54, 1.807) is 11.3 Å². The van der Waals surface area contributed by atoms with Gasteiger partial charge in [0.2, 0.25) is 0 Å². The number of rotatable bonds is 4. The molecule has 0 amide bonds. The summed E-state index contributed by atoms with van der Waals surface area (Å²) in [4.78, 5) is 9.60. The summed E-state index contributed by atoms with van der Waals surface area (Å²) >= 11 is 1.79. The molecule has 0 radical (unpaired) electrons. The summed E-state index contributed by atoms with van der Waals surface area (Å²) in [7, 11) is 0. The number of hydrogen-bond donors (Lipinski definition) is 1. The number of anilines is 1. The molecule has 1 aliphatic heterocycles. The predicted molar refractivity (Wildman–Crippen MR) is 86.6 cm³/mol. The van der Waals surface area contributed by atoms with Gasteiger partial charge in [-0.1, -0.05) is 0 Å². The van der Waals surface area contributed by atoms with Gasteiger partial charge in [-0.2, -0.15) is 0 Å². The first kappa shape index (κ1) is 13.8. The quantitative estimate of drug-likeness (QED) is 0.937. The molecule has 108 valence electrons. The molecule has 2 N–H and O–H groups in total. The molecule has 1 fully saturated rings. The van der Waals surface area contributed by atoms with E-state index in [-0.39, 0.29) is 0 Å². The first-order valence-corrected chi connectivity index (χ1v) is 8.26. The highest BCUT2D eigenvalue weighted by molar-refractivity contribution is 7.17. The van der Waals surface area contributed by atoms with Crippen LogP contribution in [-0.2, 0) is 0 Å². The fourth-order valence-corrected chi connectivity index (χ4v) is 3.63. The SMILES string of the molecule is NCCCN1CCCN(c2nccc3sccc23)CC1. The summed E-state index contributed by atoms with van der Waals surface area (Å²) in [6, 6.07) is 4.30. The largest absolute Gasteiger partial charge is 0.355 e. The molecule has 3 heterocycles. The van der Waals surface area contributed by atoms with Crippen LogP contribution in [0, 0.1) is 0 Å². The molecule has 0 atom stereocenters. The Morgan fingerprint density at radius 2 is 2.15 bits per heavy atom. The van der Waals surface area contributed by atoms with Crippen LogP contribution in [-0.4, -0.2) is 49.2 Å². The van der Waals surface area contributed by atoms with E-state index < -0.39 is 0 Å². The topological polar surface area (TPSA) is 45.4 Å². The van der Waals surface area contributed by atoms with Crippen LogP contribution in [0.1, 0.15) is 12.8 Å². The first-order valence-electron chi connectivity index (χ1n) is 7.38. The molecule has 0 bridgehead atoms. The molecule has 5 heteroatoms. The van der Waals surface area contributed by atoms with Gasteiger partial charge < -0.3 is 15.5 Å². The van der Waals surface area contributed by atoms with Gasteiger partial charge in [-0.15, -0.1) is 11.3 Å². The molecule has 0 unspecified atom stereocenters. The van der Waals surface area contributed by atoms with Crippen molar-refractivity contribution in [3.63, 3.8) is 0 Å². The third kappa shape index (κ3) is 2.95. The fourth-order valence-electron chi connectivity index (χ4n) is 2.85. The zero-order valence-electron chi connectivity index (χ0n) is 11.8. The third-order valence-electron chi connectivity index (χ3n) is 3.93. The summed E-state index contributed by atoms with van der Waals surface area (Å²) in [6.07, 6.45) is 4.23. The van der Waals surface area contributed by atoms with Crippen LogP contribution in [0.15, 0.2) is 23.7 Å². The van der Waals surface area contributed by atoms with Crippen molar-refractivity contribution in [3.05, 3.63) is 23.7 Å². The molecule has 0 spiro atoms. The highest BCUT2D eigenvalue weighted by Crippen LogP contribution is 2.28. The summed E-state index contributed by atoms with van der Waals surface area (Å²) in [5, 5.41) is 3.45. The summed E-state index contributed by atoms with van der Waals surface area (Å²) in [5.41, 5.74) is 5.61. The summed E-state index contributed by atoms with van der Waals surface area (Å²) < 4.78 is 1.33. The second-order valence-corrected chi connectivity index (χ2v) is 6.24. The average Bonchev–Trinajstić information content (AvgIpc) is 2.83. The smallest absolute Gasteiger partial charge is 0.137 e. The van der Waals surface area contributed by atoms with E-state index in [1.807, 2.05) is 6.20 Å².